The van der Waals surface area contributed by atoms with Crippen LogP contribution >= 0.6 is 11.6 Å². The van der Waals surface area contributed by atoms with Gasteiger partial charge in [-0.2, -0.15) is 0 Å². The standard InChI is InChI=1S/C18H18ClFN2O2/c19-16-11-15(20)5-6-17(16)22-9-7-21(8-10-22)12-13-1-3-14(4-2-13)18(23)24/h1-6,11H,7-10,12H2,(H,23,24). The van der Waals surface area contributed by atoms with E-state index in [0.717, 1.165) is 44.0 Å². The van der Waals surface area contributed by atoms with Gasteiger partial charge in [0.1, 0.15) is 5.82 Å². The maximum absolute atomic E-state index is 13.1. The summed E-state index contributed by atoms with van der Waals surface area (Å²) in [6.07, 6.45) is 0. The molecule has 1 heterocycles. The number of carboxylic acids is 1. The fourth-order valence-electron chi connectivity index (χ4n) is 2.90. The van der Waals surface area contributed by atoms with E-state index >= 15 is 0 Å². The minimum absolute atomic E-state index is 0.300. The summed E-state index contributed by atoms with van der Waals surface area (Å²) in [5, 5.41) is 9.36. The summed E-state index contributed by atoms with van der Waals surface area (Å²) in [5.74, 6) is -1.24. The Morgan fingerprint density at radius 2 is 1.75 bits per heavy atom. The number of rotatable bonds is 4. The number of piperazine rings is 1. The first-order valence-corrected chi connectivity index (χ1v) is 8.15. The molecule has 0 aliphatic carbocycles. The third kappa shape index (κ3) is 3.86. The van der Waals surface area contributed by atoms with Gasteiger partial charge in [-0.25, -0.2) is 9.18 Å². The number of halogens is 2. The normalized spacial score (nSPS) is 15.5. The molecular weight excluding hydrogens is 331 g/mol. The molecule has 1 aliphatic rings. The van der Waals surface area contributed by atoms with Gasteiger partial charge < -0.3 is 10.0 Å². The van der Waals surface area contributed by atoms with Crippen molar-refractivity contribution in [1.82, 2.24) is 4.90 Å². The van der Waals surface area contributed by atoms with Gasteiger partial charge in [-0.15, -0.1) is 0 Å². The molecule has 1 aliphatic heterocycles. The number of benzene rings is 2. The van der Waals surface area contributed by atoms with Crippen LogP contribution in [0, 0.1) is 5.82 Å². The molecule has 126 valence electrons. The van der Waals surface area contributed by atoms with Crippen LogP contribution in [0.1, 0.15) is 15.9 Å². The Kier molecular flexibility index (Phi) is 5.02. The van der Waals surface area contributed by atoms with E-state index in [0.29, 0.717) is 10.6 Å². The lowest BCUT2D eigenvalue weighted by molar-refractivity contribution is 0.0697. The van der Waals surface area contributed by atoms with Crippen molar-refractivity contribution in [1.29, 1.82) is 0 Å². The van der Waals surface area contributed by atoms with Gasteiger partial charge in [0.05, 0.1) is 16.3 Å². The molecule has 6 heteroatoms. The lowest BCUT2D eigenvalue weighted by atomic mass is 10.1. The van der Waals surface area contributed by atoms with E-state index < -0.39 is 5.97 Å². The van der Waals surface area contributed by atoms with Crippen LogP contribution in [0.2, 0.25) is 5.02 Å². The predicted octanol–water partition coefficient (Wildman–Crippen LogP) is 3.50. The predicted molar refractivity (Wildman–Crippen MR) is 92.3 cm³/mol. The van der Waals surface area contributed by atoms with Gasteiger partial charge >= 0.3 is 5.97 Å². The summed E-state index contributed by atoms with van der Waals surface area (Å²) in [6.45, 7) is 4.16. The largest absolute Gasteiger partial charge is 0.478 e. The van der Waals surface area contributed by atoms with Gasteiger partial charge in [-0.3, -0.25) is 4.90 Å². The van der Waals surface area contributed by atoms with E-state index in [1.165, 1.54) is 12.1 Å². The smallest absolute Gasteiger partial charge is 0.335 e. The van der Waals surface area contributed by atoms with Crippen LogP contribution in [0.25, 0.3) is 0 Å². The monoisotopic (exact) mass is 348 g/mol. The molecule has 24 heavy (non-hydrogen) atoms. The first kappa shape index (κ1) is 16.7. The number of carbonyl (C=O) groups is 1. The van der Waals surface area contributed by atoms with E-state index in [4.69, 9.17) is 16.7 Å². The van der Waals surface area contributed by atoms with Crippen LogP contribution in [0.3, 0.4) is 0 Å². The molecule has 0 radical (unpaired) electrons. The van der Waals surface area contributed by atoms with E-state index in [1.807, 2.05) is 12.1 Å². The molecule has 0 atom stereocenters. The van der Waals surface area contributed by atoms with Crippen molar-refractivity contribution in [3.8, 4) is 0 Å². The fourth-order valence-corrected chi connectivity index (χ4v) is 3.18. The summed E-state index contributed by atoms with van der Waals surface area (Å²) in [4.78, 5) is 15.3. The van der Waals surface area contributed by atoms with Crippen LogP contribution in [-0.4, -0.2) is 42.2 Å². The molecule has 0 unspecified atom stereocenters. The first-order chi connectivity index (χ1) is 11.5. The highest BCUT2D eigenvalue weighted by Crippen LogP contribution is 2.27. The van der Waals surface area contributed by atoms with Crippen molar-refractivity contribution in [3.05, 3.63) is 64.4 Å². The molecule has 0 aromatic heterocycles. The lowest BCUT2D eigenvalue weighted by Gasteiger charge is -2.36. The molecular formula is C18H18ClFN2O2. The van der Waals surface area contributed by atoms with Crippen LogP contribution in [0.5, 0.6) is 0 Å². The average Bonchev–Trinajstić information content (AvgIpc) is 2.56. The Hall–Kier alpha value is -2.11. The second-order valence-electron chi connectivity index (χ2n) is 5.86. The zero-order chi connectivity index (χ0) is 17.1. The third-order valence-electron chi connectivity index (χ3n) is 4.23. The number of aromatic carboxylic acids is 1. The van der Waals surface area contributed by atoms with Gasteiger partial charge in [0.25, 0.3) is 0 Å². The number of hydrogen-bond donors (Lipinski definition) is 1. The maximum Gasteiger partial charge on any atom is 0.335 e. The number of hydrogen-bond acceptors (Lipinski definition) is 3. The zero-order valence-corrected chi connectivity index (χ0v) is 13.8. The van der Waals surface area contributed by atoms with Crippen molar-refractivity contribution in [2.75, 3.05) is 31.1 Å². The molecule has 0 amide bonds. The van der Waals surface area contributed by atoms with E-state index in [9.17, 15) is 9.18 Å². The summed E-state index contributed by atoms with van der Waals surface area (Å²) >= 11 is 6.13. The van der Waals surface area contributed by atoms with Gasteiger partial charge in [-0.05, 0) is 35.9 Å². The number of carboxylic acid groups (broad SMARTS) is 1. The molecule has 1 saturated heterocycles. The second-order valence-corrected chi connectivity index (χ2v) is 6.27. The Morgan fingerprint density at radius 3 is 2.33 bits per heavy atom. The van der Waals surface area contributed by atoms with Gasteiger partial charge in [0.15, 0.2) is 0 Å². The number of nitrogens with zero attached hydrogens (tertiary/aromatic N) is 2. The van der Waals surface area contributed by atoms with Crippen molar-refractivity contribution in [3.63, 3.8) is 0 Å². The van der Waals surface area contributed by atoms with Crippen molar-refractivity contribution in [2.24, 2.45) is 0 Å². The fraction of sp³-hybridized carbons (Fsp3) is 0.278. The molecule has 2 aromatic rings. The van der Waals surface area contributed by atoms with Crippen LogP contribution in [-0.2, 0) is 6.54 Å². The van der Waals surface area contributed by atoms with E-state index in [1.54, 1.807) is 18.2 Å². The Morgan fingerprint density at radius 1 is 1.08 bits per heavy atom. The molecule has 1 N–H and O–H groups in total. The average molecular weight is 349 g/mol. The zero-order valence-electron chi connectivity index (χ0n) is 13.1. The molecule has 2 aromatic carbocycles. The van der Waals surface area contributed by atoms with E-state index in [2.05, 4.69) is 9.80 Å². The topological polar surface area (TPSA) is 43.8 Å². The molecule has 1 fully saturated rings. The van der Waals surface area contributed by atoms with Crippen molar-refractivity contribution >= 4 is 23.3 Å². The highest BCUT2D eigenvalue weighted by Gasteiger charge is 2.19. The molecule has 3 rings (SSSR count). The van der Waals surface area contributed by atoms with Crippen LogP contribution in [0.4, 0.5) is 10.1 Å². The Labute approximate surface area is 145 Å². The minimum atomic E-state index is -0.911. The van der Waals surface area contributed by atoms with Crippen molar-refractivity contribution < 1.29 is 14.3 Å². The summed E-state index contributed by atoms with van der Waals surface area (Å²) in [6, 6.07) is 11.5. The SMILES string of the molecule is O=C(O)c1ccc(CN2CCN(c3ccc(F)cc3Cl)CC2)cc1. The molecule has 0 bridgehead atoms. The quantitative estimate of drug-likeness (QED) is 0.918. The number of anilines is 1. The van der Waals surface area contributed by atoms with Crippen LogP contribution in [0.15, 0.2) is 42.5 Å². The van der Waals surface area contributed by atoms with Gasteiger partial charge in [0.2, 0.25) is 0 Å². The third-order valence-corrected chi connectivity index (χ3v) is 4.53. The summed E-state index contributed by atoms with van der Waals surface area (Å²) in [5.41, 5.74) is 2.26. The highest BCUT2D eigenvalue weighted by atomic mass is 35.5. The Bertz CT molecular complexity index is 728. The summed E-state index contributed by atoms with van der Waals surface area (Å²) < 4.78 is 13.1. The minimum Gasteiger partial charge on any atom is -0.478 e. The van der Waals surface area contributed by atoms with E-state index in [-0.39, 0.29) is 5.82 Å². The lowest BCUT2D eigenvalue weighted by Crippen LogP contribution is -2.46. The molecule has 0 spiro atoms. The second kappa shape index (κ2) is 7.20. The van der Waals surface area contributed by atoms with Crippen molar-refractivity contribution in [2.45, 2.75) is 6.54 Å². The Balaban J connectivity index is 1.58. The highest BCUT2D eigenvalue weighted by molar-refractivity contribution is 6.33. The summed E-state index contributed by atoms with van der Waals surface area (Å²) in [7, 11) is 0. The molecule has 4 nitrogen and oxygen atoms in total. The first-order valence-electron chi connectivity index (χ1n) is 7.77. The maximum atomic E-state index is 13.1. The van der Waals surface area contributed by atoms with Gasteiger partial charge in [-0.1, -0.05) is 23.7 Å². The van der Waals surface area contributed by atoms with Crippen LogP contribution < -0.4 is 4.90 Å². The molecule has 0 saturated carbocycles. The van der Waals surface area contributed by atoms with Gasteiger partial charge in [0, 0.05) is 32.7 Å².